The van der Waals surface area contributed by atoms with E-state index in [1.54, 1.807) is 0 Å². The topological polar surface area (TPSA) is 23.5 Å². The number of hydrogen-bond acceptors (Lipinski definition) is 2. The Bertz CT molecular complexity index is 361. The van der Waals surface area contributed by atoms with Gasteiger partial charge in [-0.2, -0.15) is 0 Å². The quantitative estimate of drug-likeness (QED) is 0.856. The second-order valence-corrected chi connectivity index (χ2v) is 6.11. The number of aliphatic hydroxyl groups is 1. The number of anilines is 1. The van der Waals surface area contributed by atoms with Crippen molar-refractivity contribution in [1.29, 1.82) is 0 Å². The van der Waals surface area contributed by atoms with Crippen LogP contribution in [0.3, 0.4) is 0 Å². The Morgan fingerprint density at radius 3 is 2.50 bits per heavy atom. The van der Waals surface area contributed by atoms with Crippen LogP contribution in [0.1, 0.15) is 20.3 Å². The summed E-state index contributed by atoms with van der Waals surface area (Å²) < 4.78 is 1.10. The molecule has 0 spiro atoms. The zero-order chi connectivity index (χ0) is 11.8. The molecule has 16 heavy (non-hydrogen) atoms. The second-order valence-electron chi connectivity index (χ2n) is 5.19. The summed E-state index contributed by atoms with van der Waals surface area (Å²) in [6.07, 6.45) is 0.669. The Hall–Kier alpha value is -0.540. The van der Waals surface area contributed by atoms with Crippen LogP contribution in [0.15, 0.2) is 28.7 Å². The maximum Gasteiger partial charge on any atom is 0.0624 e. The molecule has 0 saturated carbocycles. The molecule has 1 N–H and O–H groups in total. The van der Waals surface area contributed by atoms with Crippen molar-refractivity contribution in [1.82, 2.24) is 0 Å². The van der Waals surface area contributed by atoms with Gasteiger partial charge < -0.3 is 10.0 Å². The van der Waals surface area contributed by atoms with Gasteiger partial charge in [-0.15, -0.1) is 0 Å². The van der Waals surface area contributed by atoms with E-state index in [9.17, 15) is 5.11 Å². The summed E-state index contributed by atoms with van der Waals surface area (Å²) in [5.41, 5.74) is 1.22. The van der Waals surface area contributed by atoms with Crippen LogP contribution in [0.2, 0.25) is 0 Å². The van der Waals surface area contributed by atoms with Crippen LogP contribution in [0, 0.1) is 5.41 Å². The Kier molecular flexibility index (Phi) is 3.27. The molecule has 1 aliphatic heterocycles. The molecule has 3 heteroatoms. The van der Waals surface area contributed by atoms with E-state index in [1.807, 2.05) is 0 Å². The van der Waals surface area contributed by atoms with Crippen LogP contribution in [0.4, 0.5) is 5.69 Å². The van der Waals surface area contributed by atoms with Crippen LogP contribution < -0.4 is 4.90 Å². The maximum absolute atomic E-state index is 9.91. The fourth-order valence-corrected chi connectivity index (χ4v) is 2.48. The maximum atomic E-state index is 9.91. The Morgan fingerprint density at radius 2 is 1.94 bits per heavy atom. The van der Waals surface area contributed by atoms with E-state index in [0.29, 0.717) is 0 Å². The monoisotopic (exact) mass is 283 g/mol. The van der Waals surface area contributed by atoms with Gasteiger partial charge in [0.1, 0.15) is 0 Å². The van der Waals surface area contributed by atoms with Gasteiger partial charge >= 0.3 is 0 Å². The molecular weight excluding hydrogens is 266 g/mol. The van der Waals surface area contributed by atoms with Gasteiger partial charge in [-0.1, -0.05) is 29.8 Å². The zero-order valence-corrected chi connectivity index (χ0v) is 11.4. The molecular formula is C13H18BrNO. The Morgan fingerprint density at radius 1 is 1.31 bits per heavy atom. The number of hydrogen-bond donors (Lipinski definition) is 1. The Balaban J connectivity index is 2.14. The van der Waals surface area contributed by atoms with E-state index in [-0.39, 0.29) is 11.5 Å². The van der Waals surface area contributed by atoms with Crippen LogP contribution in [0.25, 0.3) is 0 Å². The highest BCUT2D eigenvalue weighted by Crippen LogP contribution is 2.32. The van der Waals surface area contributed by atoms with E-state index in [4.69, 9.17) is 0 Å². The minimum absolute atomic E-state index is 0.0225. The summed E-state index contributed by atoms with van der Waals surface area (Å²) in [5.74, 6) is 0. The first-order chi connectivity index (χ1) is 7.49. The summed E-state index contributed by atoms with van der Waals surface area (Å²) >= 11 is 3.44. The minimum Gasteiger partial charge on any atom is -0.392 e. The van der Waals surface area contributed by atoms with Crippen molar-refractivity contribution in [2.24, 2.45) is 5.41 Å². The van der Waals surface area contributed by atoms with Crippen molar-refractivity contribution in [3.8, 4) is 0 Å². The average Bonchev–Trinajstić information content (AvgIpc) is 2.23. The first kappa shape index (κ1) is 11.9. The standard InChI is InChI=1S/C13H18BrNO/c1-13(2)9-15(8-7-12(13)16)11-5-3-10(14)4-6-11/h3-6,12,16H,7-9H2,1-2H3. The van der Waals surface area contributed by atoms with Crippen molar-refractivity contribution in [2.45, 2.75) is 26.4 Å². The van der Waals surface area contributed by atoms with Gasteiger partial charge in [-0.05, 0) is 30.7 Å². The fraction of sp³-hybridized carbons (Fsp3) is 0.538. The van der Waals surface area contributed by atoms with E-state index in [0.717, 1.165) is 24.0 Å². The lowest BCUT2D eigenvalue weighted by Gasteiger charge is -2.43. The van der Waals surface area contributed by atoms with Gasteiger partial charge in [-0.3, -0.25) is 0 Å². The molecule has 2 nitrogen and oxygen atoms in total. The third-order valence-corrected chi connectivity index (χ3v) is 3.89. The molecule has 1 aromatic rings. The van der Waals surface area contributed by atoms with Crippen molar-refractivity contribution >= 4 is 21.6 Å². The molecule has 1 aromatic carbocycles. The molecule has 0 aliphatic carbocycles. The molecule has 1 aliphatic rings. The third kappa shape index (κ3) is 2.41. The molecule has 0 bridgehead atoms. The number of rotatable bonds is 1. The van der Waals surface area contributed by atoms with Gasteiger partial charge in [0, 0.05) is 28.7 Å². The average molecular weight is 284 g/mol. The van der Waals surface area contributed by atoms with Crippen molar-refractivity contribution in [3.05, 3.63) is 28.7 Å². The van der Waals surface area contributed by atoms with Crippen LogP contribution >= 0.6 is 15.9 Å². The molecule has 0 amide bonds. The zero-order valence-electron chi connectivity index (χ0n) is 9.78. The lowest BCUT2D eigenvalue weighted by Crippen LogP contribution is -2.48. The van der Waals surface area contributed by atoms with Crippen molar-refractivity contribution < 1.29 is 5.11 Å². The number of aliphatic hydroxyl groups excluding tert-OH is 1. The molecule has 1 heterocycles. The highest BCUT2D eigenvalue weighted by atomic mass is 79.9. The van der Waals surface area contributed by atoms with Crippen molar-refractivity contribution in [2.75, 3.05) is 18.0 Å². The Labute approximate surface area is 105 Å². The van der Waals surface area contributed by atoms with Gasteiger partial charge in [0.2, 0.25) is 0 Å². The molecule has 1 fully saturated rings. The lowest BCUT2D eigenvalue weighted by atomic mass is 9.81. The number of benzene rings is 1. The smallest absolute Gasteiger partial charge is 0.0624 e. The summed E-state index contributed by atoms with van der Waals surface area (Å²) in [5, 5.41) is 9.91. The SMILES string of the molecule is CC1(C)CN(c2ccc(Br)cc2)CCC1O. The highest BCUT2D eigenvalue weighted by Gasteiger charge is 2.34. The predicted octanol–water partition coefficient (Wildman–Crippen LogP) is 3.05. The van der Waals surface area contributed by atoms with Crippen LogP contribution in [-0.4, -0.2) is 24.3 Å². The highest BCUT2D eigenvalue weighted by molar-refractivity contribution is 9.10. The van der Waals surface area contributed by atoms with Gasteiger partial charge in [-0.25, -0.2) is 0 Å². The molecule has 0 radical (unpaired) electrons. The van der Waals surface area contributed by atoms with E-state index < -0.39 is 0 Å². The van der Waals surface area contributed by atoms with E-state index in [1.165, 1.54) is 5.69 Å². The largest absolute Gasteiger partial charge is 0.392 e. The van der Waals surface area contributed by atoms with Gasteiger partial charge in [0.25, 0.3) is 0 Å². The number of halogens is 1. The fourth-order valence-electron chi connectivity index (χ4n) is 2.22. The van der Waals surface area contributed by atoms with E-state index >= 15 is 0 Å². The normalized spacial score (nSPS) is 24.5. The molecule has 1 atom stereocenters. The summed E-state index contributed by atoms with van der Waals surface area (Å²) in [7, 11) is 0. The molecule has 1 saturated heterocycles. The summed E-state index contributed by atoms with van der Waals surface area (Å²) in [6, 6.07) is 8.37. The summed E-state index contributed by atoms with van der Waals surface area (Å²) in [4.78, 5) is 2.35. The first-order valence-corrected chi connectivity index (χ1v) is 6.47. The minimum atomic E-state index is -0.181. The predicted molar refractivity (Wildman–Crippen MR) is 70.8 cm³/mol. The molecule has 2 rings (SSSR count). The number of nitrogens with zero attached hydrogens (tertiary/aromatic N) is 1. The van der Waals surface area contributed by atoms with Gasteiger partial charge in [0.05, 0.1) is 6.10 Å². The third-order valence-electron chi connectivity index (χ3n) is 3.36. The van der Waals surface area contributed by atoms with E-state index in [2.05, 4.69) is 58.9 Å². The van der Waals surface area contributed by atoms with Gasteiger partial charge in [0.15, 0.2) is 0 Å². The lowest BCUT2D eigenvalue weighted by molar-refractivity contribution is 0.0336. The first-order valence-electron chi connectivity index (χ1n) is 5.68. The van der Waals surface area contributed by atoms with Crippen LogP contribution in [0.5, 0.6) is 0 Å². The summed E-state index contributed by atoms with van der Waals surface area (Å²) in [6.45, 7) is 6.10. The number of piperidine rings is 1. The second kappa shape index (κ2) is 4.38. The van der Waals surface area contributed by atoms with Crippen LogP contribution in [-0.2, 0) is 0 Å². The molecule has 88 valence electrons. The van der Waals surface area contributed by atoms with Crippen molar-refractivity contribution in [3.63, 3.8) is 0 Å². The molecule has 0 aromatic heterocycles. The molecule has 1 unspecified atom stereocenters.